The predicted molar refractivity (Wildman–Crippen MR) is 148 cm³/mol. The molecule has 1 N–H and O–H groups in total. The molecule has 2 fully saturated rings. The number of hydrogen-bond donors (Lipinski definition) is 1. The molecule has 2 saturated heterocycles. The lowest BCUT2D eigenvalue weighted by Crippen LogP contribution is -2.51. The van der Waals surface area contributed by atoms with Gasteiger partial charge in [-0.05, 0) is 68.0 Å². The number of anilines is 2. The average Bonchev–Trinajstić information content (AvgIpc) is 2.94. The molecule has 0 unspecified atom stereocenters. The molecule has 1 atom stereocenters. The van der Waals surface area contributed by atoms with Crippen LogP contribution in [-0.4, -0.2) is 75.1 Å². The van der Waals surface area contributed by atoms with Gasteiger partial charge in [0.15, 0.2) is 5.11 Å². The summed E-state index contributed by atoms with van der Waals surface area (Å²) < 4.78 is 16.6. The van der Waals surface area contributed by atoms with Gasteiger partial charge in [-0.1, -0.05) is 12.1 Å². The van der Waals surface area contributed by atoms with Crippen LogP contribution >= 0.6 is 12.2 Å². The standard InChI is InChI=1S/C28H34N4O4S/c1-3-36-24-10-8-23(9-11-24)32-20(2)25(27(33)31-14-18-35-19-15-31)26(29-28(32)37)21-4-6-22(7-5-21)30-12-16-34-17-13-30/h4-11,26H,3,12-19H2,1-2H3,(H,29,37)/t26-/m1/s1. The minimum Gasteiger partial charge on any atom is -0.494 e. The van der Waals surface area contributed by atoms with Crippen LogP contribution in [-0.2, 0) is 14.3 Å². The van der Waals surface area contributed by atoms with Crippen molar-refractivity contribution in [2.75, 3.05) is 69.0 Å². The van der Waals surface area contributed by atoms with Gasteiger partial charge >= 0.3 is 0 Å². The number of carbonyl (C=O) groups is 1. The summed E-state index contributed by atoms with van der Waals surface area (Å²) in [6, 6.07) is 15.9. The first-order valence-electron chi connectivity index (χ1n) is 12.9. The zero-order chi connectivity index (χ0) is 25.8. The Labute approximate surface area is 223 Å². The van der Waals surface area contributed by atoms with Gasteiger partial charge in [-0.2, -0.15) is 0 Å². The van der Waals surface area contributed by atoms with Gasteiger partial charge < -0.3 is 29.3 Å². The first-order valence-corrected chi connectivity index (χ1v) is 13.3. The number of rotatable bonds is 6. The van der Waals surface area contributed by atoms with Gasteiger partial charge in [0.1, 0.15) is 5.75 Å². The van der Waals surface area contributed by atoms with Crippen molar-refractivity contribution in [3.05, 3.63) is 65.4 Å². The van der Waals surface area contributed by atoms with Crippen molar-refractivity contribution < 1.29 is 19.0 Å². The molecule has 5 rings (SSSR count). The molecule has 0 aliphatic carbocycles. The number of amides is 1. The van der Waals surface area contributed by atoms with E-state index in [4.69, 9.17) is 26.4 Å². The number of thiocarbonyl (C=S) groups is 1. The predicted octanol–water partition coefficient (Wildman–Crippen LogP) is 3.49. The number of ether oxygens (including phenoxy) is 3. The van der Waals surface area contributed by atoms with Gasteiger partial charge in [-0.3, -0.25) is 9.69 Å². The Hall–Kier alpha value is -3.14. The van der Waals surface area contributed by atoms with Crippen molar-refractivity contribution in [1.29, 1.82) is 0 Å². The van der Waals surface area contributed by atoms with Crippen LogP contribution in [0.15, 0.2) is 59.8 Å². The smallest absolute Gasteiger partial charge is 0.254 e. The van der Waals surface area contributed by atoms with E-state index in [1.165, 1.54) is 0 Å². The number of hydrogen-bond acceptors (Lipinski definition) is 6. The Morgan fingerprint density at radius 1 is 0.946 bits per heavy atom. The first kappa shape index (κ1) is 25.5. The second kappa shape index (κ2) is 11.5. The molecule has 2 aromatic carbocycles. The average molecular weight is 523 g/mol. The largest absolute Gasteiger partial charge is 0.494 e. The minimum absolute atomic E-state index is 0.00833. The number of benzene rings is 2. The molecule has 0 bridgehead atoms. The van der Waals surface area contributed by atoms with E-state index in [-0.39, 0.29) is 11.9 Å². The van der Waals surface area contributed by atoms with Crippen molar-refractivity contribution in [2.45, 2.75) is 19.9 Å². The van der Waals surface area contributed by atoms with Gasteiger partial charge in [-0.15, -0.1) is 0 Å². The summed E-state index contributed by atoms with van der Waals surface area (Å²) in [5.74, 6) is 0.806. The molecule has 0 spiro atoms. The highest BCUT2D eigenvalue weighted by atomic mass is 32.1. The van der Waals surface area contributed by atoms with Crippen molar-refractivity contribution in [2.24, 2.45) is 0 Å². The van der Waals surface area contributed by atoms with E-state index < -0.39 is 0 Å². The van der Waals surface area contributed by atoms with Gasteiger partial charge in [0, 0.05) is 43.3 Å². The molecular weight excluding hydrogens is 488 g/mol. The minimum atomic E-state index is -0.347. The van der Waals surface area contributed by atoms with Crippen molar-refractivity contribution in [3.8, 4) is 5.75 Å². The van der Waals surface area contributed by atoms with E-state index in [1.807, 2.05) is 47.9 Å². The quantitative estimate of drug-likeness (QED) is 0.579. The molecular formula is C28H34N4O4S. The van der Waals surface area contributed by atoms with Crippen LogP contribution in [0.4, 0.5) is 11.4 Å². The summed E-state index contributed by atoms with van der Waals surface area (Å²) >= 11 is 5.85. The third-order valence-corrected chi connectivity index (χ3v) is 7.32. The highest BCUT2D eigenvalue weighted by molar-refractivity contribution is 7.80. The molecule has 2 aromatic rings. The van der Waals surface area contributed by atoms with Crippen LogP contribution in [0.5, 0.6) is 5.75 Å². The number of nitrogens with one attached hydrogen (secondary N) is 1. The summed E-state index contributed by atoms with van der Waals surface area (Å²) in [7, 11) is 0. The molecule has 3 heterocycles. The topological polar surface area (TPSA) is 66.5 Å². The summed E-state index contributed by atoms with van der Waals surface area (Å²) in [5, 5.41) is 4.03. The summed E-state index contributed by atoms with van der Waals surface area (Å²) in [4.78, 5) is 20.1. The zero-order valence-electron chi connectivity index (χ0n) is 21.4. The fourth-order valence-electron chi connectivity index (χ4n) is 5.08. The van der Waals surface area contributed by atoms with Crippen molar-refractivity contribution in [3.63, 3.8) is 0 Å². The van der Waals surface area contributed by atoms with E-state index in [0.717, 1.165) is 54.7 Å². The zero-order valence-corrected chi connectivity index (χ0v) is 22.3. The van der Waals surface area contributed by atoms with E-state index in [9.17, 15) is 4.79 Å². The molecule has 9 heteroatoms. The van der Waals surface area contributed by atoms with Gasteiger partial charge in [0.2, 0.25) is 0 Å². The van der Waals surface area contributed by atoms with Crippen LogP contribution in [0.3, 0.4) is 0 Å². The summed E-state index contributed by atoms with van der Waals surface area (Å²) in [5.41, 5.74) is 4.56. The number of allylic oxidation sites excluding steroid dienone is 1. The molecule has 37 heavy (non-hydrogen) atoms. The molecule has 196 valence electrons. The van der Waals surface area contributed by atoms with Crippen molar-refractivity contribution >= 4 is 34.6 Å². The number of nitrogens with zero attached hydrogens (tertiary/aromatic N) is 3. The van der Waals surface area contributed by atoms with E-state index in [0.29, 0.717) is 43.6 Å². The SMILES string of the molecule is CCOc1ccc(N2C(=S)N[C@H](c3ccc(N4CCOCC4)cc3)C(C(=O)N3CCOCC3)=C2C)cc1. The third kappa shape index (κ3) is 5.44. The molecule has 3 aliphatic rings. The summed E-state index contributed by atoms with van der Waals surface area (Å²) in [6.45, 7) is 10.0. The third-order valence-electron chi connectivity index (χ3n) is 7.02. The maximum absolute atomic E-state index is 13.9. The molecule has 0 radical (unpaired) electrons. The Bertz CT molecular complexity index is 1140. The van der Waals surface area contributed by atoms with E-state index >= 15 is 0 Å². The normalized spacial score (nSPS) is 20.6. The van der Waals surface area contributed by atoms with Gasteiger partial charge in [0.25, 0.3) is 5.91 Å². The molecule has 1 amide bonds. The second-order valence-corrected chi connectivity index (χ2v) is 9.63. The maximum Gasteiger partial charge on any atom is 0.254 e. The Kier molecular flexibility index (Phi) is 7.93. The second-order valence-electron chi connectivity index (χ2n) is 9.24. The van der Waals surface area contributed by atoms with Gasteiger partial charge in [0.05, 0.1) is 44.6 Å². The van der Waals surface area contributed by atoms with E-state index in [2.05, 4.69) is 34.5 Å². The van der Waals surface area contributed by atoms with E-state index in [1.54, 1.807) is 0 Å². The highest BCUT2D eigenvalue weighted by Gasteiger charge is 2.37. The molecule has 0 aromatic heterocycles. The Balaban J connectivity index is 1.50. The van der Waals surface area contributed by atoms with Crippen LogP contribution < -0.4 is 19.9 Å². The first-order chi connectivity index (χ1) is 18.1. The fourth-order valence-corrected chi connectivity index (χ4v) is 5.44. The number of morpholine rings is 2. The lowest BCUT2D eigenvalue weighted by Gasteiger charge is -2.40. The van der Waals surface area contributed by atoms with Crippen molar-refractivity contribution in [1.82, 2.24) is 10.2 Å². The lowest BCUT2D eigenvalue weighted by molar-refractivity contribution is -0.131. The van der Waals surface area contributed by atoms with Crippen LogP contribution in [0.2, 0.25) is 0 Å². The van der Waals surface area contributed by atoms with Crippen LogP contribution in [0.1, 0.15) is 25.5 Å². The van der Waals surface area contributed by atoms with Gasteiger partial charge in [-0.25, -0.2) is 0 Å². The lowest BCUT2D eigenvalue weighted by atomic mass is 9.93. The molecule has 8 nitrogen and oxygen atoms in total. The van der Waals surface area contributed by atoms with Crippen LogP contribution in [0, 0.1) is 0 Å². The molecule has 3 aliphatic heterocycles. The molecule has 0 saturated carbocycles. The Morgan fingerprint density at radius 2 is 1.54 bits per heavy atom. The van der Waals surface area contributed by atoms with Crippen LogP contribution in [0.25, 0.3) is 0 Å². The maximum atomic E-state index is 13.9. The fraction of sp³-hybridized carbons (Fsp3) is 0.429. The highest BCUT2D eigenvalue weighted by Crippen LogP contribution is 2.36. The number of carbonyl (C=O) groups excluding carboxylic acids is 1. The summed E-state index contributed by atoms with van der Waals surface area (Å²) in [6.07, 6.45) is 0. The monoisotopic (exact) mass is 522 g/mol. The Morgan fingerprint density at radius 3 is 2.16 bits per heavy atom.